The van der Waals surface area contributed by atoms with E-state index in [1.54, 1.807) is 0 Å². The molecule has 4 fully saturated rings. The van der Waals surface area contributed by atoms with E-state index in [4.69, 9.17) is 17.3 Å². The molecule has 146 valence electrons. The molecule has 28 heavy (non-hydrogen) atoms. The third-order valence-corrected chi connectivity index (χ3v) is 8.40. The summed E-state index contributed by atoms with van der Waals surface area (Å²) in [5, 5.41) is 3.99. The summed E-state index contributed by atoms with van der Waals surface area (Å²) in [4.78, 5) is 26.8. The van der Waals surface area contributed by atoms with Crippen molar-refractivity contribution in [3.8, 4) is 10.4 Å². The van der Waals surface area contributed by atoms with Gasteiger partial charge in [-0.25, -0.2) is 0 Å². The molecule has 4 nitrogen and oxygen atoms in total. The van der Waals surface area contributed by atoms with E-state index in [2.05, 4.69) is 5.32 Å². The number of rotatable bonds is 4. The summed E-state index contributed by atoms with van der Waals surface area (Å²) in [5.74, 6) is 1.18. The number of hydrogen-bond donors (Lipinski definition) is 2. The van der Waals surface area contributed by atoms with E-state index in [1.165, 1.54) is 11.3 Å². The van der Waals surface area contributed by atoms with Gasteiger partial charge in [0.2, 0.25) is 5.91 Å². The van der Waals surface area contributed by atoms with Crippen LogP contribution in [0.4, 0.5) is 0 Å². The fourth-order valence-corrected chi connectivity index (χ4v) is 7.14. The fourth-order valence-electron chi connectivity index (χ4n) is 6.04. The quantitative estimate of drug-likeness (QED) is 0.774. The lowest BCUT2D eigenvalue weighted by Crippen LogP contribution is -2.62. The van der Waals surface area contributed by atoms with Crippen LogP contribution < -0.4 is 11.1 Å². The highest BCUT2D eigenvalue weighted by atomic mass is 35.5. The molecule has 4 aliphatic carbocycles. The van der Waals surface area contributed by atoms with E-state index in [9.17, 15) is 9.59 Å². The van der Waals surface area contributed by atoms with Crippen molar-refractivity contribution in [3.05, 3.63) is 46.3 Å². The van der Waals surface area contributed by atoms with Gasteiger partial charge in [-0.1, -0.05) is 23.7 Å². The Hall–Kier alpha value is -1.85. The molecule has 0 aliphatic heterocycles. The molecule has 4 bridgehead atoms. The van der Waals surface area contributed by atoms with Crippen molar-refractivity contribution >= 4 is 34.8 Å². The number of carbonyl (C=O) groups is 2. The first kappa shape index (κ1) is 18.2. The summed E-state index contributed by atoms with van der Waals surface area (Å²) >= 11 is 7.58. The van der Waals surface area contributed by atoms with Gasteiger partial charge in [-0.2, -0.15) is 0 Å². The maximum absolute atomic E-state index is 12.9. The van der Waals surface area contributed by atoms with Gasteiger partial charge in [0.15, 0.2) is 0 Å². The number of primary amides is 1. The third-order valence-electron chi connectivity index (χ3n) is 7.03. The molecule has 1 aromatic heterocycles. The van der Waals surface area contributed by atoms with Crippen LogP contribution in [0.25, 0.3) is 10.4 Å². The topological polar surface area (TPSA) is 72.2 Å². The zero-order chi connectivity index (χ0) is 19.5. The highest BCUT2D eigenvalue weighted by Crippen LogP contribution is 2.59. The Morgan fingerprint density at radius 2 is 1.86 bits per heavy atom. The number of nitrogens with two attached hydrogens (primary N) is 1. The van der Waals surface area contributed by atoms with E-state index in [-0.39, 0.29) is 23.3 Å². The SMILES string of the molecule is NC(=O)[C@]12CC3CC(C1)[C@@H](NC(=O)c1ccc(-c4cccc(Cl)c4)s1)C(C3)C2. The Kier molecular flexibility index (Phi) is 4.29. The first-order chi connectivity index (χ1) is 13.4. The van der Waals surface area contributed by atoms with Crippen molar-refractivity contribution < 1.29 is 9.59 Å². The van der Waals surface area contributed by atoms with Gasteiger partial charge in [0.25, 0.3) is 5.91 Å². The van der Waals surface area contributed by atoms with Crippen LogP contribution in [0.3, 0.4) is 0 Å². The Balaban J connectivity index is 1.33. The van der Waals surface area contributed by atoms with Crippen LogP contribution in [-0.2, 0) is 4.79 Å². The van der Waals surface area contributed by atoms with Gasteiger partial charge in [-0.15, -0.1) is 11.3 Å². The maximum Gasteiger partial charge on any atom is 0.261 e. The van der Waals surface area contributed by atoms with Gasteiger partial charge in [-0.05, 0) is 79.7 Å². The van der Waals surface area contributed by atoms with E-state index < -0.39 is 0 Å². The van der Waals surface area contributed by atoms with Gasteiger partial charge in [0, 0.05) is 21.4 Å². The minimum absolute atomic E-state index is 0.0103. The highest BCUT2D eigenvalue weighted by Gasteiger charge is 2.58. The largest absolute Gasteiger partial charge is 0.369 e. The summed E-state index contributed by atoms with van der Waals surface area (Å²) in [6.45, 7) is 0. The van der Waals surface area contributed by atoms with Crippen LogP contribution in [0, 0.1) is 23.2 Å². The van der Waals surface area contributed by atoms with Crippen LogP contribution in [0.2, 0.25) is 5.02 Å². The van der Waals surface area contributed by atoms with Crippen molar-refractivity contribution in [3.63, 3.8) is 0 Å². The maximum atomic E-state index is 12.9. The van der Waals surface area contributed by atoms with Crippen LogP contribution in [0.5, 0.6) is 0 Å². The number of benzene rings is 1. The molecule has 2 atom stereocenters. The lowest BCUT2D eigenvalue weighted by Gasteiger charge is -2.58. The van der Waals surface area contributed by atoms with E-state index in [1.807, 2.05) is 36.4 Å². The number of nitrogens with one attached hydrogen (secondary N) is 1. The summed E-state index contributed by atoms with van der Waals surface area (Å²) in [7, 11) is 0. The molecule has 0 radical (unpaired) electrons. The van der Waals surface area contributed by atoms with Gasteiger partial charge in [-0.3, -0.25) is 9.59 Å². The van der Waals surface area contributed by atoms with Crippen molar-refractivity contribution in [2.45, 2.75) is 38.1 Å². The van der Waals surface area contributed by atoms with Crippen molar-refractivity contribution in [1.82, 2.24) is 5.32 Å². The molecule has 1 aromatic carbocycles. The Morgan fingerprint density at radius 3 is 2.54 bits per heavy atom. The summed E-state index contributed by atoms with van der Waals surface area (Å²) in [6.07, 6.45) is 4.82. The van der Waals surface area contributed by atoms with Crippen molar-refractivity contribution in [1.29, 1.82) is 0 Å². The second-order valence-electron chi connectivity index (χ2n) is 8.79. The zero-order valence-electron chi connectivity index (χ0n) is 15.5. The molecule has 1 heterocycles. The van der Waals surface area contributed by atoms with E-state index in [0.717, 1.165) is 42.5 Å². The summed E-state index contributed by atoms with van der Waals surface area (Å²) in [5.41, 5.74) is 6.47. The average Bonchev–Trinajstić information content (AvgIpc) is 3.14. The predicted molar refractivity (Wildman–Crippen MR) is 111 cm³/mol. The lowest BCUT2D eigenvalue weighted by molar-refractivity contribution is -0.145. The molecule has 3 N–H and O–H groups in total. The highest BCUT2D eigenvalue weighted by molar-refractivity contribution is 7.17. The fraction of sp³-hybridized carbons (Fsp3) is 0.455. The van der Waals surface area contributed by atoms with Gasteiger partial charge >= 0.3 is 0 Å². The lowest BCUT2D eigenvalue weighted by atomic mass is 9.47. The first-order valence-corrected chi connectivity index (χ1v) is 11.1. The molecule has 6 rings (SSSR count). The third kappa shape index (κ3) is 2.96. The Morgan fingerprint density at radius 1 is 1.11 bits per heavy atom. The first-order valence-electron chi connectivity index (χ1n) is 9.90. The smallest absolute Gasteiger partial charge is 0.261 e. The number of thiophene rings is 1. The average molecular weight is 415 g/mol. The van der Waals surface area contributed by atoms with E-state index >= 15 is 0 Å². The summed E-state index contributed by atoms with van der Waals surface area (Å²) < 4.78 is 0. The molecule has 0 spiro atoms. The Labute approximate surface area is 173 Å². The number of hydrogen-bond acceptors (Lipinski definition) is 3. The van der Waals surface area contributed by atoms with Crippen LogP contribution in [-0.4, -0.2) is 17.9 Å². The van der Waals surface area contributed by atoms with Gasteiger partial charge in [0.05, 0.1) is 4.88 Å². The predicted octanol–water partition coefficient (Wildman–Crippen LogP) is 4.48. The zero-order valence-corrected chi connectivity index (χ0v) is 17.1. The monoisotopic (exact) mass is 414 g/mol. The molecular formula is C22H23ClN2O2S. The number of carbonyl (C=O) groups excluding carboxylic acids is 2. The molecule has 4 saturated carbocycles. The van der Waals surface area contributed by atoms with Crippen molar-refractivity contribution in [2.24, 2.45) is 28.9 Å². The molecule has 2 unspecified atom stereocenters. The number of amides is 2. The normalized spacial score (nSPS) is 33.0. The molecule has 6 heteroatoms. The van der Waals surface area contributed by atoms with Gasteiger partial charge in [0.1, 0.15) is 0 Å². The molecule has 0 saturated heterocycles. The molecule has 2 aromatic rings. The second kappa shape index (κ2) is 6.60. The second-order valence-corrected chi connectivity index (χ2v) is 10.3. The van der Waals surface area contributed by atoms with Crippen LogP contribution in [0.15, 0.2) is 36.4 Å². The van der Waals surface area contributed by atoms with Gasteiger partial charge < -0.3 is 11.1 Å². The van der Waals surface area contributed by atoms with E-state index in [0.29, 0.717) is 27.7 Å². The number of halogens is 1. The standard InChI is InChI=1S/C22H23ClN2O2S/c23-16-3-1-2-13(8-16)17-4-5-18(28-17)20(26)25-19-14-6-12-7-15(19)11-22(9-12,10-14)21(24)27/h1-5,8,12,14-15,19H,6-7,9-11H2,(H2,24,27)(H,25,26)/t12?,14?,15?,19-,22-. The molecule has 4 aliphatic rings. The van der Waals surface area contributed by atoms with Crippen LogP contribution >= 0.6 is 22.9 Å². The van der Waals surface area contributed by atoms with Crippen LogP contribution in [0.1, 0.15) is 41.8 Å². The molecular weight excluding hydrogens is 392 g/mol. The van der Waals surface area contributed by atoms with Crippen molar-refractivity contribution in [2.75, 3.05) is 0 Å². The Bertz CT molecular complexity index is 940. The summed E-state index contributed by atoms with van der Waals surface area (Å²) in [6, 6.07) is 11.7. The minimum Gasteiger partial charge on any atom is -0.369 e. The minimum atomic E-state index is -0.319. The molecule has 2 amide bonds.